The highest BCUT2D eigenvalue weighted by atomic mass is 32.1. The zero-order valence-corrected chi connectivity index (χ0v) is 14.6. The first-order valence-electron chi connectivity index (χ1n) is 7.27. The van der Waals surface area contributed by atoms with Crippen molar-refractivity contribution in [1.82, 2.24) is 4.98 Å². The van der Waals surface area contributed by atoms with E-state index in [0.717, 1.165) is 27.4 Å². The number of nitrogens with one attached hydrogen (secondary N) is 1. The molecule has 0 spiro atoms. The third-order valence-corrected chi connectivity index (χ3v) is 4.51. The van der Waals surface area contributed by atoms with Gasteiger partial charge in [-0.25, -0.2) is 4.98 Å². The van der Waals surface area contributed by atoms with Gasteiger partial charge < -0.3 is 11.1 Å². The number of anilines is 1. The highest BCUT2D eigenvalue weighted by molar-refractivity contribution is 7.80. The third kappa shape index (κ3) is 3.67. The number of aromatic nitrogens is 1. The van der Waals surface area contributed by atoms with Crippen molar-refractivity contribution < 1.29 is 4.79 Å². The molecule has 3 aromatic rings. The molecule has 0 aliphatic rings. The summed E-state index contributed by atoms with van der Waals surface area (Å²) < 4.78 is 0. The van der Waals surface area contributed by atoms with Gasteiger partial charge in [0.15, 0.2) is 0 Å². The lowest BCUT2D eigenvalue weighted by Gasteiger charge is -2.06. The lowest BCUT2D eigenvalue weighted by Crippen LogP contribution is -2.09. The Labute approximate surface area is 149 Å². The zero-order chi connectivity index (χ0) is 17.1. The average molecular weight is 353 g/mol. The first-order valence-corrected chi connectivity index (χ1v) is 8.55. The molecule has 3 rings (SSSR count). The van der Waals surface area contributed by atoms with Crippen LogP contribution in [0.25, 0.3) is 21.7 Å². The summed E-state index contributed by atoms with van der Waals surface area (Å²) in [6.07, 6.45) is 0. The second kappa shape index (κ2) is 6.90. The van der Waals surface area contributed by atoms with Crippen molar-refractivity contribution in [1.29, 1.82) is 0 Å². The SMILES string of the molecule is CC(=O)Nc1cccc(-c2ccc(-c3nc(C(N)=S)cs3)cc2)c1. The molecule has 2 aromatic carbocycles. The number of thiocarbonyl (C=S) groups is 1. The molecular formula is C18H15N3OS2. The topological polar surface area (TPSA) is 68.0 Å². The Bertz CT molecular complexity index is 901. The predicted molar refractivity (Wildman–Crippen MR) is 103 cm³/mol. The van der Waals surface area contributed by atoms with Gasteiger partial charge in [0.1, 0.15) is 15.7 Å². The van der Waals surface area contributed by atoms with Crippen LogP contribution in [0.15, 0.2) is 53.9 Å². The van der Waals surface area contributed by atoms with Crippen molar-refractivity contribution in [3.63, 3.8) is 0 Å². The summed E-state index contributed by atoms with van der Waals surface area (Å²) in [5, 5.41) is 5.54. The molecule has 6 heteroatoms. The van der Waals surface area contributed by atoms with E-state index in [4.69, 9.17) is 18.0 Å². The summed E-state index contributed by atoms with van der Waals surface area (Å²) in [7, 11) is 0. The highest BCUT2D eigenvalue weighted by Crippen LogP contribution is 2.28. The number of nitrogens with zero attached hydrogens (tertiary/aromatic N) is 1. The molecule has 1 amide bonds. The molecule has 24 heavy (non-hydrogen) atoms. The predicted octanol–water partition coefficient (Wildman–Crippen LogP) is 4.07. The van der Waals surface area contributed by atoms with Crippen molar-refractivity contribution in [3.8, 4) is 21.7 Å². The molecule has 3 N–H and O–H groups in total. The van der Waals surface area contributed by atoms with E-state index in [9.17, 15) is 4.79 Å². The Morgan fingerprint density at radius 3 is 2.46 bits per heavy atom. The molecule has 0 unspecified atom stereocenters. The summed E-state index contributed by atoms with van der Waals surface area (Å²) in [5.41, 5.74) is 10.2. The molecule has 4 nitrogen and oxygen atoms in total. The molecule has 0 radical (unpaired) electrons. The van der Waals surface area contributed by atoms with Crippen LogP contribution in [0.3, 0.4) is 0 Å². The third-order valence-electron chi connectivity index (χ3n) is 3.40. The lowest BCUT2D eigenvalue weighted by atomic mass is 10.0. The summed E-state index contributed by atoms with van der Waals surface area (Å²) in [5.74, 6) is -0.0834. The molecule has 0 fully saturated rings. The largest absolute Gasteiger partial charge is 0.388 e. The van der Waals surface area contributed by atoms with Crippen molar-refractivity contribution in [3.05, 3.63) is 59.6 Å². The van der Waals surface area contributed by atoms with Crippen molar-refractivity contribution >= 4 is 40.1 Å². The molecular weight excluding hydrogens is 338 g/mol. The van der Waals surface area contributed by atoms with Crippen LogP contribution in [0.5, 0.6) is 0 Å². The van der Waals surface area contributed by atoms with Crippen LogP contribution in [-0.2, 0) is 4.79 Å². The fourth-order valence-corrected chi connectivity index (χ4v) is 3.31. The summed E-state index contributed by atoms with van der Waals surface area (Å²) in [6.45, 7) is 1.50. The lowest BCUT2D eigenvalue weighted by molar-refractivity contribution is -0.114. The maximum Gasteiger partial charge on any atom is 0.221 e. The minimum absolute atomic E-state index is 0.0834. The number of carbonyl (C=O) groups excluding carboxylic acids is 1. The van der Waals surface area contributed by atoms with Gasteiger partial charge in [-0.15, -0.1) is 11.3 Å². The molecule has 0 bridgehead atoms. The summed E-state index contributed by atoms with van der Waals surface area (Å²) in [6, 6.07) is 15.8. The first kappa shape index (κ1) is 16.3. The fraction of sp³-hybridized carbons (Fsp3) is 0.0556. The Morgan fingerprint density at radius 1 is 1.12 bits per heavy atom. The molecule has 1 heterocycles. The number of nitrogens with two attached hydrogens (primary N) is 1. The molecule has 1 aromatic heterocycles. The number of carbonyl (C=O) groups is 1. The average Bonchev–Trinajstić information content (AvgIpc) is 3.05. The van der Waals surface area contributed by atoms with Crippen molar-refractivity contribution in [2.45, 2.75) is 6.92 Å². The van der Waals surface area contributed by atoms with Gasteiger partial charge in [-0.2, -0.15) is 0 Å². The molecule has 0 saturated carbocycles. The first-order chi connectivity index (χ1) is 11.5. The van der Waals surface area contributed by atoms with Crippen LogP contribution in [0.2, 0.25) is 0 Å². The second-order valence-electron chi connectivity index (χ2n) is 5.24. The van der Waals surface area contributed by atoms with Crippen molar-refractivity contribution in [2.75, 3.05) is 5.32 Å². The summed E-state index contributed by atoms with van der Waals surface area (Å²) in [4.78, 5) is 15.9. The van der Waals surface area contributed by atoms with E-state index in [2.05, 4.69) is 10.3 Å². The number of benzene rings is 2. The van der Waals surface area contributed by atoms with Crippen LogP contribution < -0.4 is 11.1 Å². The number of hydrogen-bond acceptors (Lipinski definition) is 4. The standard InChI is InChI=1S/C18H15N3OS2/c1-11(22)20-15-4-2-3-14(9-15)12-5-7-13(8-6-12)18-21-16(10-24-18)17(19)23/h2-10H,1H3,(H2,19,23)(H,20,22). The van der Waals surface area contributed by atoms with Crippen molar-refractivity contribution in [2.24, 2.45) is 5.73 Å². The minimum Gasteiger partial charge on any atom is -0.388 e. The van der Waals surface area contributed by atoms with Crippen LogP contribution in [-0.4, -0.2) is 15.9 Å². The van der Waals surface area contributed by atoms with Gasteiger partial charge in [0, 0.05) is 23.6 Å². The van der Waals surface area contributed by atoms with E-state index in [0.29, 0.717) is 10.7 Å². The number of hydrogen-bond donors (Lipinski definition) is 2. The van der Waals surface area contributed by atoms with Gasteiger partial charge in [0.25, 0.3) is 0 Å². The Morgan fingerprint density at radius 2 is 1.83 bits per heavy atom. The molecule has 0 atom stereocenters. The van der Waals surface area contributed by atoms with Crippen LogP contribution >= 0.6 is 23.6 Å². The second-order valence-corrected chi connectivity index (χ2v) is 6.54. The normalized spacial score (nSPS) is 10.4. The number of rotatable bonds is 4. The van der Waals surface area contributed by atoms with Gasteiger partial charge in [-0.05, 0) is 23.3 Å². The molecule has 0 aliphatic carbocycles. The Balaban J connectivity index is 1.86. The molecule has 120 valence electrons. The van der Waals surface area contributed by atoms with E-state index in [1.54, 1.807) is 0 Å². The quantitative estimate of drug-likeness (QED) is 0.694. The Hall–Kier alpha value is -2.57. The van der Waals surface area contributed by atoms with E-state index < -0.39 is 0 Å². The highest BCUT2D eigenvalue weighted by Gasteiger charge is 2.07. The van der Waals surface area contributed by atoms with Crippen LogP contribution in [0, 0.1) is 0 Å². The monoisotopic (exact) mass is 353 g/mol. The van der Waals surface area contributed by atoms with E-state index in [1.807, 2.05) is 53.9 Å². The maximum absolute atomic E-state index is 11.2. The van der Waals surface area contributed by atoms with Crippen LogP contribution in [0.4, 0.5) is 5.69 Å². The zero-order valence-electron chi connectivity index (χ0n) is 12.9. The summed E-state index contributed by atoms with van der Waals surface area (Å²) >= 11 is 6.46. The smallest absolute Gasteiger partial charge is 0.221 e. The van der Waals surface area contributed by atoms with Gasteiger partial charge in [-0.3, -0.25) is 4.79 Å². The van der Waals surface area contributed by atoms with E-state index in [1.165, 1.54) is 18.3 Å². The molecule has 0 aliphatic heterocycles. The Kier molecular flexibility index (Phi) is 4.69. The van der Waals surface area contributed by atoms with E-state index >= 15 is 0 Å². The number of thiazole rings is 1. The van der Waals surface area contributed by atoms with Gasteiger partial charge in [0.2, 0.25) is 5.91 Å². The van der Waals surface area contributed by atoms with Gasteiger partial charge in [0.05, 0.1) is 0 Å². The van der Waals surface area contributed by atoms with Gasteiger partial charge >= 0.3 is 0 Å². The van der Waals surface area contributed by atoms with E-state index in [-0.39, 0.29) is 5.91 Å². The number of amides is 1. The van der Waals surface area contributed by atoms with Crippen LogP contribution in [0.1, 0.15) is 12.6 Å². The fourth-order valence-electron chi connectivity index (χ4n) is 2.30. The molecule has 0 saturated heterocycles. The maximum atomic E-state index is 11.2. The van der Waals surface area contributed by atoms with Gasteiger partial charge in [-0.1, -0.05) is 48.6 Å². The minimum atomic E-state index is -0.0834.